The van der Waals surface area contributed by atoms with Gasteiger partial charge in [-0.3, -0.25) is 4.90 Å². The highest BCUT2D eigenvalue weighted by molar-refractivity contribution is 5.88. The summed E-state index contributed by atoms with van der Waals surface area (Å²) in [6.45, 7) is 3.61. The van der Waals surface area contributed by atoms with Crippen molar-refractivity contribution in [2.24, 2.45) is 0 Å². The topological polar surface area (TPSA) is 86.5 Å². The van der Waals surface area contributed by atoms with Gasteiger partial charge in [-0.25, -0.2) is 14.8 Å². The highest BCUT2D eigenvalue weighted by Crippen LogP contribution is 2.07. The molecular formula is C10H15N3O3. The summed E-state index contributed by atoms with van der Waals surface area (Å²) in [6.07, 6.45) is 2.62. The first kappa shape index (κ1) is 12.5. The van der Waals surface area contributed by atoms with Crippen LogP contribution in [0.15, 0.2) is 12.5 Å². The number of aliphatic hydroxyl groups excluding tert-OH is 1. The van der Waals surface area contributed by atoms with Crippen LogP contribution in [0.4, 0.5) is 0 Å². The summed E-state index contributed by atoms with van der Waals surface area (Å²) < 4.78 is 0. The average Bonchev–Trinajstić information content (AvgIpc) is 2.29. The monoisotopic (exact) mass is 225 g/mol. The van der Waals surface area contributed by atoms with E-state index in [1.165, 1.54) is 12.5 Å². The minimum absolute atomic E-state index is 0.0430. The second-order valence-corrected chi connectivity index (χ2v) is 3.28. The number of nitrogens with zero attached hydrogens (tertiary/aromatic N) is 3. The number of aromatic nitrogens is 2. The maximum Gasteiger partial charge on any atom is 0.339 e. The molecule has 0 bridgehead atoms. The van der Waals surface area contributed by atoms with Crippen LogP contribution in [-0.2, 0) is 6.54 Å². The van der Waals surface area contributed by atoms with E-state index in [2.05, 4.69) is 9.97 Å². The fraction of sp³-hybridized carbons (Fsp3) is 0.500. The molecule has 16 heavy (non-hydrogen) atoms. The second-order valence-electron chi connectivity index (χ2n) is 3.28. The lowest BCUT2D eigenvalue weighted by molar-refractivity contribution is 0.0693. The van der Waals surface area contributed by atoms with E-state index >= 15 is 0 Å². The van der Waals surface area contributed by atoms with Gasteiger partial charge in [0.05, 0.1) is 12.3 Å². The van der Waals surface area contributed by atoms with Crippen molar-refractivity contribution >= 4 is 5.97 Å². The molecule has 0 unspecified atom stereocenters. The Bertz CT molecular complexity index is 357. The Labute approximate surface area is 93.6 Å². The first-order chi connectivity index (χ1) is 7.69. The first-order valence-corrected chi connectivity index (χ1v) is 5.04. The van der Waals surface area contributed by atoms with Crippen LogP contribution in [0.5, 0.6) is 0 Å². The molecule has 0 radical (unpaired) electrons. The predicted octanol–water partition coefficient (Wildman–Crippen LogP) is -0.0110. The number of hydrogen-bond donors (Lipinski definition) is 2. The quantitative estimate of drug-likeness (QED) is 0.708. The third-order valence-corrected chi connectivity index (χ3v) is 2.26. The summed E-state index contributed by atoms with van der Waals surface area (Å²) in [4.78, 5) is 20.5. The number of aromatic carboxylic acids is 1. The fourth-order valence-corrected chi connectivity index (χ4v) is 1.36. The van der Waals surface area contributed by atoms with Crippen LogP contribution in [-0.4, -0.2) is 50.7 Å². The van der Waals surface area contributed by atoms with Crippen molar-refractivity contribution < 1.29 is 15.0 Å². The van der Waals surface area contributed by atoms with Crippen molar-refractivity contribution in [3.8, 4) is 0 Å². The van der Waals surface area contributed by atoms with Gasteiger partial charge in [0.15, 0.2) is 0 Å². The zero-order chi connectivity index (χ0) is 12.0. The van der Waals surface area contributed by atoms with Crippen LogP contribution in [0.25, 0.3) is 0 Å². The van der Waals surface area contributed by atoms with E-state index < -0.39 is 5.97 Å². The Morgan fingerprint density at radius 1 is 1.56 bits per heavy atom. The van der Waals surface area contributed by atoms with Gasteiger partial charge in [0.1, 0.15) is 11.9 Å². The molecule has 0 atom stereocenters. The lowest BCUT2D eigenvalue weighted by atomic mass is 10.2. The van der Waals surface area contributed by atoms with E-state index in [9.17, 15) is 4.79 Å². The van der Waals surface area contributed by atoms with E-state index in [1.54, 1.807) is 0 Å². The average molecular weight is 225 g/mol. The van der Waals surface area contributed by atoms with Crippen molar-refractivity contribution in [2.45, 2.75) is 13.5 Å². The number of carboxylic acid groups (broad SMARTS) is 1. The molecule has 0 aliphatic rings. The molecule has 1 aromatic heterocycles. The lowest BCUT2D eigenvalue weighted by Crippen LogP contribution is -2.27. The van der Waals surface area contributed by atoms with Gasteiger partial charge < -0.3 is 10.2 Å². The van der Waals surface area contributed by atoms with Crippen LogP contribution in [0.1, 0.15) is 23.0 Å². The van der Waals surface area contributed by atoms with Gasteiger partial charge in [0.25, 0.3) is 0 Å². The molecule has 0 spiro atoms. The van der Waals surface area contributed by atoms with Crippen LogP contribution in [0.2, 0.25) is 0 Å². The van der Waals surface area contributed by atoms with Crippen molar-refractivity contribution in [3.63, 3.8) is 0 Å². The standard InChI is InChI=1S/C10H15N3O3/c1-2-13(3-4-14)6-9-8(10(15)16)5-11-7-12-9/h5,7,14H,2-4,6H2,1H3,(H,15,16). The zero-order valence-electron chi connectivity index (χ0n) is 9.13. The summed E-state index contributed by atoms with van der Waals surface area (Å²) in [5.41, 5.74) is 0.580. The molecule has 1 rings (SSSR count). The van der Waals surface area contributed by atoms with E-state index in [4.69, 9.17) is 10.2 Å². The van der Waals surface area contributed by atoms with Gasteiger partial charge in [0, 0.05) is 19.3 Å². The second kappa shape index (κ2) is 6.14. The van der Waals surface area contributed by atoms with E-state index in [0.717, 1.165) is 6.54 Å². The van der Waals surface area contributed by atoms with Crippen molar-refractivity contribution in [1.82, 2.24) is 14.9 Å². The van der Waals surface area contributed by atoms with E-state index in [1.807, 2.05) is 11.8 Å². The molecular weight excluding hydrogens is 210 g/mol. The number of likely N-dealkylation sites (N-methyl/N-ethyl adjacent to an activating group) is 1. The van der Waals surface area contributed by atoms with Gasteiger partial charge >= 0.3 is 5.97 Å². The molecule has 6 heteroatoms. The Balaban J connectivity index is 2.82. The number of hydrogen-bond acceptors (Lipinski definition) is 5. The Hall–Kier alpha value is -1.53. The summed E-state index contributed by atoms with van der Waals surface area (Å²) in [5.74, 6) is -1.03. The molecule has 0 amide bonds. The molecule has 0 saturated heterocycles. The molecule has 1 heterocycles. The summed E-state index contributed by atoms with van der Waals surface area (Å²) in [7, 11) is 0. The third-order valence-electron chi connectivity index (χ3n) is 2.26. The van der Waals surface area contributed by atoms with Crippen LogP contribution < -0.4 is 0 Å². The Morgan fingerprint density at radius 2 is 2.31 bits per heavy atom. The molecule has 0 aliphatic heterocycles. The maximum atomic E-state index is 10.9. The normalized spacial score (nSPS) is 10.7. The molecule has 0 aromatic carbocycles. The van der Waals surface area contributed by atoms with E-state index in [-0.39, 0.29) is 12.2 Å². The van der Waals surface area contributed by atoms with Gasteiger partial charge in [-0.15, -0.1) is 0 Å². The largest absolute Gasteiger partial charge is 0.478 e. The number of aliphatic hydroxyl groups is 1. The molecule has 0 fully saturated rings. The Kier molecular flexibility index (Phi) is 4.81. The smallest absolute Gasteiger partial charge is 0.339 e. The highest BCUT2D eigenvalue weighted by atomic mass is 16.4. The van der Waals surface area contributed by atoms with Crippen molar-refractivity contribution in [1.29, 1.82) is 0 Å². The fourth-order valence-electron chi connectivity index (χ4n) is 1.36. The zero-order valence-corrected chi connectivity index (χ0v) is 9.13. The number of rotatable bonds is 6. The third kappa shape index (κ3) is 3.25. The highest BCUT2D eigenvalue weighted by Gasteiger charge is 2.13. The molecule has 6 nitrogen and oxygen atoms in total. The molecule has 1 aromatic rings. The minimum atomic E-state index is -1.03. The van der Waals surface area contributed by atoms with Gasteiger partial charge in [0.2, 0.25) is 0 Å². The lowest BCUT2D eigenvalue weighted by Gasteiger charge is -2.18. The number of carbonyl (C=O) groups is 1. The summed E-state index contributed by atoms with van der Waals surface area (Å²) in [6, 6.07) is 0. The predicted molar refractivity (Wildman–Crippen MR) is 57.0 cm³/mol. The molecule has 2 N–H and O–H groups in total. The Morgan fingerprint density at radius 3 is 2.88 bits per heavy atom. The summed E-state index contributed by atoms with van der Waals surface area (Å²) in [5, 5.41) is 17.8. The SMILES string of the molecule is CCN(CCO)Cc1ncncc1C(=O)O. The summed E-state index contributed by atoms with van der Waals surface area (Å²) >= 11 is 0. The van der Waals surface area contributed by atoms with Gasteiger partial charge in [-0.05, 0) is 6.54 Å². The van der Waals surface area contributed by atoms with Crippen LogP contribution >= 0.6 is 0 Å². The molecule has 0 saturated carbocycles. The van der Waals surface area contributed by atoms with Crippen LogP contribution in [0, 0.1) is 0 Å². The molecule has 88 valence electrons. The first-order valence-electron chi connectivity index (χ1n) is 5.04. The molecule has 0 aliphatic carbocycles. The van der Waals surface area contributed by atoms with E-state index in [0.29, 0.717) is 18.8 Å². The number of carboxylic acids is 1. The van der Waals surface area contributed by atoms with Gasteiger partial charge in [-0.2, -0.15) is 0 Å². The maximum absolute atomic E-state index is 10.9. The van der Waals surface area contributed by atoms with Crippen molar-refractivity contribution in [3.05, 3.63) is 23.8 Å². The van der Waals surface area contributed by atoms with Gasteiger partial charge in [-0.1, -0.05) is 6.92 Å². The van der Waals surface area contributed by atoms with Crippen molar-refractivity contribution in [2.75, 3.05) is 19.7 Å². The van der Waals surface area contributed by atoms with Crippen LogP contribution in [0.3, 0.4) is 0 Å². The minimum Gasteiger partial charge on any atom is -0.478 e.